The van der Waals surface area contributed by atoms with E-state index in [0.717, 1.165) is 5.75 Å². The number of fused-ring (bicyclic) bond motifs is 1. The Balaban J connectivity index is 2.33. The topological polar surface area (TPSA) is 9.23 Å². The molecule has 0 saturated carbocycles. The minimum atomic E-state index is 0.0595. The number of ether oxygens (including phenoxy) is 1. The van der Waals surface area contributed by atoms with Crippen molar-refractivity contribution in [2.75, 3.05) is 31.8 Å². The van der Waals surface area contributed by atoms with Crippen molar-refractivity contribution in [2.24, 2.45) is 0 Å². The second-order valence-electron chi connectivity index (χ2n) is 7.85. The molecule has 0 aliphatic rings. The molecule has 0 saturated heterocycles. The molecule has 156 valence electrons. The second-order valence-corrected chi connectivity index (χ2v) is 13.0. The van der Waals surface area contributed by atoms with E-state index in [1.165, 1.54) is 84.6 Å². The molecular formula is C25H40OP2. The molecular weight excluding hydrogens is 378 g/mol. The molecule has 0 heterocycles. The summed E-state index contributed by atoms with van der Waals surface area (Å²) in [7, 11) is 2.03. The molecule has 0 N–H and O–H groups in total. The molecule has 0 atom stereocenters. The third-order valence-electron chi connectivity index (χ3n) is 5.32. The summed E-state index contributed by atoms with van der Waals surface area (Å²) < 4.78 is 5.78. The summed E-state index contributed by atoms with van der Waals surface area (Å²) in [6.07, 6.45) is 13.3. The highest BCUT2D eigenvalue weighted by molar-refractivity contribution is 7.57. The molecule has 0 aliphatic carbocycles. The first kappa shape index (κ1) is 23.6. The molecule has 1 nitrogen and oxygen atoms in total. The predicted octanol–water partition coefficient (Wildman–Crippen LogP) is 8.45. The highest BCUT2D eigenvalue weighted by Crippen LogP contribution is 2.46. The first-order valence-electron chi connectivity index (χ1n) is 11.2. The van der Waals surface area contributed by atoms with Gasteiger partial charge in [-0.2, -0.15) is 0 Å². The lowest BCUT2D eigenvalue weighted by Crippen LogP contribution is -1.98. The molecule has 0 aromatic heterocycles. The van der Waals surface area contributed by atoms with Gasteiger partial charge in [-0.3, -0.25) is 0 Å². The fourth-order valence-corrected chi connectivity index (χ4v) is 9.26. The summed E-state index contributed by atoms with van der Waals surface area (Å²) in [6.45, 7) is 9.30. The lowest BCUT2D eigenvalue weighted by Gasteiger charge is -2.21. The smallest absolute Gasteiger partial charge is 0.123 e. The third-order valence-corrected chi connectivity index (χ3v) is 11.2. The van der Waals surface area contributed by atoms with Gasteiger partial charge in [0.1, 0.15) is 5.75 Å². The van der Waals surface area contributed by atoms with Crippen molar-refractivity contribution in [3.05, 3.63) is 41.5 Å². The van der Waals surface area contributed by atoms with Gasteiger partial charge in [0.05, 0.1) is 7.11 Å². The molecule has 2 aromatic rings. The van der Waals surface area contributed by atoms with Crippen LogP contribution in [-0.2, 0) is 12.3 Å². The summed E-state index contributed by atoms with van der Waals surface area (Å²) in [6, 6.07) is 11.7. The van der Waals surface area contributed by atoms with E-state index in [9.17, 15) is 0 Å². The van der Waals surface area contributed by atoms with Crippen molar-refractivity contribution in [3.63, 3.8) is 0 Å². The van der Waals surface area contributed by atoms with E-state index >= 15 is 0 Å². The Kier molecular flexibility index (Phi) is 10.8. The molecule has 0 aliphatic heterocycles. The standard InChI is InChI=1S/C25H40OP2/c1-6-14-27(15-7-2)19-21-10-12-23-22(18-21)11-13-25(26-5)24(23)20-28(16-8-3)17-9-4/h10-13,18H,6-9,14-17,19-20H2,1-5H3. The van der Waals surface area contributed by atoms with E-state index in [1.54, 1.807) is 0 Å². The summed E-state index contributed by atoms with van der Waals surface area (Å²) in [5, 5.41) is 2.82. The van der Waals surface area contributed by atoms with Gasteiger partial charge in [0.25, 0.3) is 0 Å². The minimum absolute atomic E-state index is 0.0595. The fourth-order valence-electron chi connectivity index (χ4n) is 4.16. The van der Waals surface area contributed by atoms with Crippen LogP contribution in [0.5, 0.6) is 5.75 Å². The van der Waals surface area contributed by atoms with Gasteiger partial charge in [-0.05, 0) is 59.4 Å². The molecule has 0 fully saturated rings. The van der Waals surface area contributed by atoms with Crippen molar-refractivity contribution < 1.29 is 4.74 Å². The molecule has 2 rings (SSSR count). The van der Waals surface area contributed by atoms with Crippen LogP contribution in [0.2, 0.25) is 0 Å². The van der Waals surface area contributed by atoms with Crippen LogP contribution in [0.15, 0.2) is 30.3 Å². The lowest BCUT2D eigenvalue weighted by atomic mass is 10.0. The van der Waals surface area contributed by atoms with Crippen LogP contribution in [0.25, 0.3) is 10.8 Å². The quantitative estimate of drug-likeness (QED) is 0.296. The SMILES string of the molecule is CCCP(CCC)Cc1ccc2c(CP(CCC)CCC)c(OC)ccc2c1. The van der Waals surface area contributed by atoms with E-state index < -0.39 is 0 Å². The normalized spacial score (nSPS) is 11.7. The molecule has 0 bridgehead atoms. The third kappa shape index (κ3) is 6.71. The Morgan fingerprint density at radius 3 is 1.82 bits per heavy atom. The van der Waals surface area contributed by atoms with Crippen LogP contribution in [0.4, 0.5) is 0 Å². The number of methoxy groups -OCH3 is 1. The maximum Gasteiger partial charge on any atom is 0.123 e. The van der Waals surface area contributed by atoms with Gasteiger partial charge in [-0.25, -0.2) is 0 Å². The van der Waals surface area contributed by atoms with Crippen LogP contribution in [-0.4, -0.2) is 31.8 Å². The highest BCUT2D eigenvalue weighted by Gasteiger charge is 2.15. The Morgan fingerprint density at radius 2 is 1.29 bits per heavy atom. The average Bonchev–Trinajstić information content (AvgIpc) is 2.69. The van der Waals surface area contributed by atoms with Gasteiger partial charge in [0.15, 0.2) is 0 Å². The minimum Gasteiger partial charge on any atom is -0.496 e. The Morgan fingerprint density at radius 1 is 0.714 bits per heavy atom. The molecule has 3 heteroatoms. The monoisotopic (exact) mass is 418 g/mol. The van der Waals surface area contributed by atoms with Crippen LogP contribution < -0.4 is 4.74 Å². The molecule has 0 radical (unpaired) electrons. The van der Waals surface area contributed by atoms with Gasteiger partial charge in [-0.15, -0.1) is 15.8 Å². The maximum absolute atomic E-state index is 5.78. The van der Waals surface area contributed by atoms with Gasteiger partial charge < -0.3 is 4.74 Å². The van der Waals surface area contributed by atoms with Gasteiger partial charge >= 0.3 is 0 Å². The number of hydrogen-bond donors (Lipinski definition) is 0. The summed E-state index contributed by atoms with van der Waals surface area (Å²) >= 11 is 0. The van der Waals surface area contributed by atoms with Crippen molar-refractivity contribution in [2.45, 2.75) is 65.7 Å². The van der Waals surface area contributed by atoms with E-state index in [2.05, 4.69) is 58.0 Å². The van der Waals surface area contributed by atoms with Crippen molar-refractivity contribution in [1.82, 2.24) is 0 Å². The summed E-state index contributed by atoms with van der Waals surface area (Å²) in [4.78, 5) is 0. The van der Waals surface area contributed by atoms with E-state index in [-0.39, 0.29) is 15.8 Å². The van der Waals surface area contributed by atoms with E-state index in [4.69, 9.17) is 4.74 Å². The second kappa shape index (κ2) is 12.8. The molecule has 0 spiro atoms. The fraction of sp³-hybridized carbons (Fsp3) is 0.600. The Labute approximate surface area is 176 Å². The number of hydrogen-bond acceptors (Lipinski definition) is 1. The number of rotatable bonds is 13. The van der Waals surface area contributed by atoms with Crippen molar-refractivity contribution in [1.29, 1.82) is 0 Å². The van der Waals surface area contributed by atoms with Crippen molar-refractivity contribution in [3.8, 4) is 5.75 Å². The first-order chi connectivity index (χ1) is 13.7. The first-order valence-corrected chi connectivity index (χ1v) is 15.0. The van der Waals surface area contributed by atoms with Gasteiger partial charge in [0, 0.05) is 5.56 Å². The van der Waals surface area contributed by atoms with Crippen LogP contribution in [0, 0.1) is 0 Å². The van der Waals surface area contributed by atoms with Crippen LogP contribution in [0.3, 0.4) is 0 Å². The Bertz CT molecular complexity index is 701. The molecule has 0 unspecified atom stereocenters. The highest BCUT2D eigenvalue weighted by atomic mass is 31.1. The van der Waals surface area contributed by atoms with E-state index in [1.807, 2.05) is 7.11 Å². The lowest BCUT2D eigenvalue weighted by molar-refractivity contribution is 0.412. The van der Waals surface area contributed by atoms with Crippen LogP contribution >= 0.6 is 15.8 Å². The van der Waals surface area contributed by atoms with Crippen molar-refractivity contribution >= 4 is 26.6 Å². The Hall–Kier alpha value is -0.640. The largest absolute Gasteiger partial charge is 0.496 e. The zero-order valence-electron chi connectivity index (χ0n) is 18.8. The van der Waals surface area contributed by atoms with Crippen LogP contribution in [0.1, 0.15) is 64.5 Å². The van der Waals surface area contributed by atoms with Gasteiger partial charge in [0.2, 0.25) is 0 Å². The predicted molar refractivity (Wildman–Crippen MR) is 132 cm³/mol. The molecule has 28 heavy (non-hydrogen) atoms. The zero-order chi connectivity index (χ0) is 20.4. The van der Waals surface area contributed by atoms with Gasteiger partial charge in [-0.1, -0.05) is 77.6 Å². The number of benzene rings is 2. The average molecular weight is 419 g/mol. The maximum atomic E-state index is 5.78. The van der Waals surface area contributed by atoms with E-state index in [0.29, 0.717) is 0 Å². The molecule has 0 amide bonds. The summed E-state index contributed by atoms with van der Waals surface area (Å²) in [5.74, 6) is 1.08. The molecule has 2 aromatic carbocycles. The zero-order valence-corrected chi connectivity index (χ0v) is 20.5. The summed E-state index contributed by atoms with van der Waals surface area (Å²) in [5.41, 5.74) is 2.98.